The molecule has 1 atom stereocenters. The van der Waals surface area contributed by atoms with Crippen LogP contribution in [0.25, 0.3) is 0 Å². The normalized spacial score (nSPS) is 25.6. The summed E-state index contributed by atoms with van der Waals surface area (Å²) in [6, 6.07) is 9.62. The van der Waals surface area contributed by atoms with Crippen LogP contribution >= 0.6 is 11.6 Å². The molecule has 1 fully saturated rings. The maximum atomic E-state index is 13.3. The maximum Gasteiger partial charge on any atom is 0.262 e. The van der Waals surface area contributed by atoms with Crippen molar-refractivity contribution in [2.75, 3.05) is 13.1 Å². The molecule has 0 bridgehead atoms. The Bertz CT molecular complexity index is 342. The first-order chi connectivity index (χ1) is 7.55. The van der Waals surface area contributed by atoms with E-state index in [2.05, 4.69) is 0 Å². The zero-order valence-corrected chi connectivity index (χ0v) is 9.63. The lowest BCUT2D eigenvalue weighted by Crippen LogP contribution is -2.47. The molecule has 0 aliphatic carbocycles. The van der Waals surface area contributed by atoms with Crippen LogP contribution in [-0.4, -0.2) is 29.3 Å². The average Bonchev–Trinajstić information content (AvgIpc) is 2.15. The van der Waals surface area contributed by atoms with Crippen LogP contribution in [0.4, 0.5) is 8.78 Å². The van der Waals surface area contributed by atoms with Crippen molar-refractivity contribution in [3.8, 4) is 0 Å². The van der Waals surface area contributed by atoms with Crippen LogP contribution in [0.5, 0.6) is 0 Å². The lowest BCUT2D eigenvalue weighted by Gasteiger charge is -2.35. The fourth-order valence-electron chi connectivity index (χ4n) is 2.09. The minimum Gasteiger partial charge on any atom is -0.292 e. The molecule has 1 unspecified atom stereocenters. The Labute approximate surface area is 99.0 Å². The van der Waals surface area contributed by atoms with Gasteiger partial charge in [-0.15, -0.1) is 11.6 Å². The van der Waals surface area contributed by atoms with Crippen molar-refractivity contribution in [3.63, 3.8) is 0 Å². The van der Waals surface area contributed by atoms with Gasteiger partial charge in [-0.2, -0.15) is 0 Å². The number of benzene rings is 1. The summed E-state index contributed by atoms with van der Waals surface area (Å²) >= 11 is 5.84. The molecule has 2 rings (SSSR count). The van der Waals surface area contributed by atoms with E-state index in [-0.39, 0.29) is 13.0 Å². The molecule has 4 heteroatoms. The Balaban J connectivity index is 2.00. The molecule has 1 nitrogen and oxygen atoms in total. The predicted octanol–water partition coefficient (Wildman–Crippen LogP) is 3.14. The Morgan fingerprint density at radius 1 is 1.31 bits per heavy atom. The van der Waals surface area contributed by atoms with Gasteiger partial charge in [0.1, 0.15) is 0 Å². The predicted molar refractivity (Wildman–Crippen MR) is 60.9 cm³/mol. The molecule has 1 aliphatic rings. The second kappa shape index (κ2) is 4.68. The standard InChI is InChI=1S/C12H14ClF2N/c13-11-6-12(14,15)9-16(8-11)7-10-4-2-1-3-5-10/h1-5,11H,6-9H2. The van der Waals surface area contributed by atoms with Gasteiger partial charge in [0.15, 0.2) is 0 Å². The smallest absolute Gasteiger partial charge is 0.262 e. The summed E-state index contributed by atoms with van der Waals surface area (Å²) in [5, 5.41) is -0.451. The summed E-state index contributed by atoms with van der Waals surface area (Å²) in [5.41, 5.74) is 1.05. The van der Waals surface area contributed by atoms with Gasteiger partial charge in [0.05, 0.1) is 11.9 Å². The molecule has 0 aromatic heterocycles. The van der Waals surface area contributed by atoms with Crippen LogP contribution in [0.3, 0.4) is 0 Å². The summed E-state index contributed by atoms with van der Waals surface area (Å²) in [7, 11) is 0. The second-order valence-corrected chi connectivity index (χ2v) is 4.93. The zero-order valence-electron chi connectivity index (χ0n) is 8.87. The van der Waals surface area contributed by atoms with Crippen molar-refractivity contribution < 1.29 is 8.78 Å². The summed E-state index contributed by atoms with van der Waals surface area (Å²) < 4.78 is 26.6. The van der Waals surface area contributed by atoms with E-state index in [0.29, 0.717) is 13.1 Å². The van der Waals surface area contributed by atoms with Crippen LogP contribution < -0.4 is 0 Å². The first-order valence-electron chi connectivity index (χ1n) is 5.33. The first kappa shape index (κ1) is 11.8. The van der Waals surface area contributed by atoms with E-state index in [0.717, 1.165) is 5.56 Å². The number of likely N-dealkylation sites (tertiary alicyclic amines) is 1. The number of piperidine rings is 1. The minimum atomic E-state index is -2.65. The molecule has 88 valence electrons. The van der Waals surface area contributed by atoms with Gasteiger partial charge in [0.25, 0.3) is 5.92 Å². The third-order valence-electron chi connectivity index (χ3n) is 2.68. The van der Waals surface area contributed by atoms with Crippen LogP contribution in [0.1, 0.15) is 12.0 Å². The minimum absolute atomic E-state index is 0.189. The second-order valence-electron chi connectivity index (χ2n) is 4.31. The molecule has 16 heavy (non-hydrogen) atoms. The third kappa shape index (κ3) is 3.16. The van der Waals surface area contributed by atoms with Crippen molar-refractivity contribution in [1.29, 1.82) is 0 Å². The van der Waals surface area contributed by atoms with Gasteiger partial charge in [-0.1, -0.05) is 30.3 Å². The van der Waals surface area contributed by atoms with E-state index < -0.39 is 11.3 Å². The Morgan fingerprint density at radius 2 is 2.00 bits per heavy atom. The first-order valence-corrected chi connectivity index (χ1v) is 5.77. The average molecular weight is 246 g/mol. The molecule has 0 radical (unpaired) electrons. The molecule has 1 aromatic rings. The van der Waals surface area contributed by atoms with Gasteiger partial charge in [0.2, 0.25) is 0 Å². The fraction of sp³-hybridized carbons (Fsp3) is 0.500. The van der Waals surface area contributed by atoms with Crippen LogP contribution in [-0.2, 0) is 6.54 Å². The highest BCUT2D eigenvalue weighted by atomic mass is 35.5. The van der Waals surface area contributed by atoms with Crippen molar-refractivity contribution in [2.45, 2.75) is 24.3 Å². The molecule has 0 spiro atoms. The van der Waals surface area contributed by atoms with Crippen molar-refractivity contribution in [1.82, 2.24) is 4.90 Å². The molecule has 1 saturated heterocycles. The van der Waals surface area contributed by atoms with E-state index in [9.17, 15) is 8.78 Å². The van der Waals surface area contributed by atoms with Crippen LogP contribution in [0.2, 0.25) is 0 Å². The van der Waals surface area contributed by atoms with E-state index in [4.69, 9.17) is 11.6 Å². The SMILES string of the molecule is FC1(F)CC(Cl)CN(Cc2ccccc2)C1. The maximum absolute atomic E-state index is 13.3. The number of alkyl halides is 3. The zero-order chi connectivity index (χ0) is 11.6. The molecule has 1 heterocycles. The number of hydrogen-bond acceptors (Lipinski definition) is 1. The molecule has 1 aromatic carbocycles. The van der Waals surface area contributed by atoms with Gasteiger partial charge in [0, 0.05) is 19.5 Å². The number of nitrogens with zero attached hydrogens (tertiary/aromatic N) is 1. The highest BCUT2D eigenvalue weighted by Gasteiger charge is 2.39. The van der Waals surface area contributed by atoms with Crippen LogP contribution in [0.15, 0.2) is 30.3 Å². The number of halogens is 3. The fourth-order valence-corrected chi connectivity index (χ4v) is 2.51. The van der Waals surface area contributed by atoms with E-state index in [1.165, 1.54) is 0 Å². The topological polar surface area (TPSA) is 3.24 Å². The van der Waals surface area contributed by atoms with E-state index in [1.807, 2.05) is 30.3 Å². The van der Waals surface area contributed by atoms with Crippen molar-refractivity contribution >= 4 is 11.6 Å². The largest absolute Gasteiger partial charge is 0.292 e. The third-order valence-corrected chi connectivity index (χ3v) is 2.97. The summed E-state index contributed by atoms with van der Waals surface area (Å²) in [4.78, 5) is 1.72. The molecular weight excluding hydrogens is 232 g/mol. The van der Waals surface area contributed by atoms with E-state index >= 15 is 0 Å². The number of rotatable bonds is 2. The molecule has 0 amide bonds. The molecule has 1 aliphatic heterocycles. The highest BCUT2D eigenvalue weighted by Crippen LogP contribution is 2.30. The molecular formula is C12H14ClF2N. The van der Waals surface area contributed by atoms with Gasteiger partial charge in [-0.25, -0.2) is 8.78 Å². The summed E-state index contributed by atoms with van der Waals surface area (Å²) in [6.45, 7) is 0.886. The molecule has 0 N–H and O–H groups in total. The van der Waals surface area contributed by atoms with Gasteiger partial charge in [-0.05, 0) is 5.56 Å². The lowest BCUT2D eigenvalue weighted by atomic mass is 10.1. The summed E-state index contributed by atoms with van der Waals surface area (Å²) in [6.07, 6.45) is -0.208. The van der Waals surface area contributed by atoms with Crippen molar-refractivity contribution in [3.05, 3.63) is 35.9 Å². The lowest BCUT2D eigenvalue weighted by molar-refractivity contribution is -0.0643. The Kier molecular flexibility index (Phi) is 3.45. The van der Waals surface area contributed by atoms with Gasteiger partial charge < -0.3 is 0 Å². The Morgan fingerprint density at radius 3 is 2.62 bits per heavy atom. The molecule has 0 saturated carbocycles. The number of hydrogen-bond donors (Lipinski definition) is 0. The highest BCUT2D eigenvalue weighted by molar-refractivity contribution is 6.20. The van der Waals surface area contributed by atoms with Gasteiger partial charge >= 0.3 is 0 Å². The summed E-state index contributed by atoms with van der Waals surface area (Å²) in [5.74, 6) is -2.65. The van der Waals surface area contributed by atoms with Crippen LogP contribution in [0, 0.1) is 0 Å². The van der Waals surface area contributed by atoms with Gasteiger partial charge in [-0.3, -0.25) is 4.90 Å². The van der Waals surface area contributed by atoms with E-state index in [1.54, 1.807) is 4.90 Å². The van der Waals surface area contributed by atoms with Crippen molar-refractivity contribution in [2.24, 2.45) is 0 Å². The quantitative estimate of drug-likeness (QED) is 0.724. The Hall–Kier alpha value is -0.670. The monoisotopic (exact) mass is 245 g/mol.